The van der Waals surface area contributed by atoms with Gasteiger partial charge in [-0.05, 0) is 31.9 Å². The molecule has 2 fully saturated rings. The number of anilines is 1. The van der Waals surface area contributed by atoms with Crippen LogP contribution in [0.15, 0.2) is 17.6 Å². The Morgan fingerprint density at radius 3 is 2.70 bits per heavy atom. The second-order valence-corrected chi connectivity index (χ2v) is 9.49. The van der Waals surface area contributed by atoms with Crippen LogP contribution in [-0.4, -0.2) is 70.7 Å². The summed E-state index contributed by atoms with van der Waals surface area (Å²) in [6, 6.07) is 4.48. The maximum Gasteiger partial charge on any atom is 0.490 e. The van der Waals surface area contributed by atoms with Crippen LogP contribution in [0.25, 0.3) is 0 Å². The lowest BCUT2D eigenvalue weighted by Gasteiger charge is -2.48. The van der Waals surface area contributed by atoms with E-state index in [4.69, 9.17) is 14.6 Å². The van der Waals surface area contributed by atoms with Crippen LogP contribution >= 0.6 is 22.7 Å². The summed E-state index contributed by atoms with van der Waals surface area (Å²) in [5, 5.41) is 16.4. The molecule has 2 aliphatic heterocycles. The fraction of sp³-hybridized carbons (Fsp3) is 0.611. The summed E-state index contributed by atoms with van der Waals surface area (Å²) in [5.74, 6) is -2.76. The lowest BCUT2D eigenvalue weighted by Crippen LogP contribution is -2.59. The predicted octanol–water partition coefficient (Wildman–Crippen LogP) is 3.41. The number of carbonyl (C=O) groups is 1. The molecule has 4 heterocycles. The van der Waals surface area contributed by atoms with Gasteiger partial charge in [-0.25, -0.2) is 4.79 Å². The van der Waals surface area contributed by atoms with E-state index in [9.17, 15) is 13.2 Å². The Hall–Kier alpha value is -1.76. The Morgan fingerprint density at radius 2 is 2.10 bits per heavy atom. The molecule has 0 amide bonds. The molecule has 0 radical (unpaired) electrons. The van der Waals surface area contributed by atoms with Crippen molar-refractivity contribution in [3.63, 3.8) is 0 Å². The van der Waals surface area contributed by atoms with Crippen LogP contribution in [0, 0.1) is 6.92 Å². The third-order valence-electron chi connectivity index (χ3n) is 4.90. The summed E-state index contributed by atoms with van der Waals surface area (Å²) in [6.07, 6.45) is -2.78. The summed E-state index contributed by atoms with van der Waals surface area (Å²) in [4.78, 5) is 16.6. The Morgan fingerprint density at radius 1 is 1.33 bits per heavy atom. The van der Waals surface area contributed by atoms with Gasteiger partial charge in [0.1, 0.15) is 5.51 Å². The lowest BCUT2D eigenvalue weighted by atomic mass is 9.91. The van der Waals surface area contributed by atoms with E-state index in [2.05, 4.69) is 39.1 Å². The molecular weight excluding hydrogens is 441 g/mol. The summed E-state index contributed by atoms with van der Waals surface area (Å²) >= 11 is 3.52. The minimum Gasteiger partial charge on any atom is -0.475 e. The molecule has 0 bridgehead atoms. The highest BCUT2D eigenvalue weighted by atomic mass is 32.1. The highest BCUT2D eigenvalue weighted by Gasteiger charge is 2.41. The second kappa shape index (κ2) is 9.58. The molecule has 0 aliphatic carbocycles. The minimum atomic E-state index is -5.08. The number of aliphatic carboxylic acids is 1. The SMILES string of the molecule is Cc1ccc(CN2CCOC3(CCCN(c4nncs4)C3)C2)s1.O=C(O)C(F)(F)F. The van der Waals surface area contributed by atoms with Crippen molar-refractivity contribution in [2.24, 2.45) is 0 Å². The van der Waals surface area contributed by atoms with E-state index < -0.39 is 12.1 Å². The summed E-state index contributed by atoms with van der Waals surface area (Å²) < 4.78 is 38.0. The van der Waals surface area contributed by atoms with Crippen LogP contribution in [0.2, 0.25) is 0 Å². The van der Waals surface area contributed by atoms with Crippen molar-refractivity contribution in [1.82, 2.24) is 15.1 Å². The molecule has 0 saturated carbocycles. The number of hydrogen-bond donors (Lipinski definition) is 1. The van der Waals surface area contributed by atoms with Crippen molar-refractivity contribution in [2.75, 3.05) is 37.7 Å². The molecule has 4 rings (SSSR count). The topological polar surface area (TPSA) is 78.8 Å². The van der Waals surface area contributed by atoms with Crippen molar-refractivity contribution in [3.8, 4) is 0 Å². The quantitative estimate of drug-likeness (QED) is 0.746. The number of nitrogens with zero attached hydrogens (tertiary/aromatic N) is 4. The van der Waals surface area contributed by atoms with Crippen LogP contribution in [0.3, 0.4) is 0 Å². The largest absolute Gasteiger partial charge is 0.490 e. The molecule has 30 heavy (non-hydrogen) atoms. The first-order chi connectivity index (χ1) is 14.2. The number of piperidine rings is 1. The molecule has 1 atom stereocenters. The molecule has 7 nitrogen and oxygen atoms in total. The molecule has 166 valence electrons. The fourth-order valence-corrected chi connectivity index (χ4v) is 5.18. The van der Waals surface area contributed by atoms with Gasteiger partial charge >= 0.3 is 12.1 Å². The number of ether oxygens (including phenoxy) is 1. The van der Waals surface area contributed by atoms with Gasteiger partial charge in [-0.15, -0.1) is 21.5 Å². The molecular formula is C18H23F3N4O3S2. The number of hydrogen-bond acceptors (Lipinski definition) is 8. The molecule has 12 heteroatoms. The monoisotopic (exact) mass is 464 g/mol. The van der Waals surface area contributed by atoms with E-state index in [0.717, 1.165) is 57.3 Å². The van der Waals surface area contributed by atoms with Crippen LogP contribution < -0.4 is 4.90 Å². The first kappa shape index (κ1) is 22.9. The smallest absolute Gasteiger partial charge is 0.475 e. The summed E-state index contributed by atoms with van der Waals surface area (Å²) in [6.45, 7) is 8.08. The number of carboxylic acids is 1. The Balaban J connectivity index is 0.000000318. The van der Waals surface area contributed by atoms with E-state index in [-0.39, 0.29) is 5.60 Å². The summed E-state index contributed by atoms with van der Waals surface area (Å²) in [7, 11) is 0. The standard InChI is InChI=1S/C16H22N4OS2.C2HF3O2/c1-13-3-4-14(23-13)9-19-7-8-21-16(10-19)5-2-6-20(11-16)15-18-17-12-22-15;3-2(4,5)1(6)7/h3-4,12H,2,5-11H2,1H3;(H,6,7). The Labute approximate surface area is 180 Å². The molecule has 2 aromatic heterocycles. The lowest BCUT2D eigenvalue weighted by molar-refractivity contribution is -0.192. The zero-order valence-corrected chi connectivity index (χ0v) is 18.0. The molecule has 1 N–H and O–H groups in total. The second-order valence-electron chi connectivity index (χ2n) is 7.30. The molecule has 2 saturated heterocycles. The number of halogens is 3. The van der Waals surface area contributed by atoms with Crippen molar-refractivity contribution in [2.45, 2.75) is 38.1 Å². The van der Waals surface area contributed by atoms with Gasteiger partial charge in [-0.2, -0.15) is 13.2 Å². The Bertz CT molecular complexity index is 827. The highest BCUT2D eigenvalue weighted by molar-refractivity contribution is 7.13. The van der Waals surface area contributed by atoms with E-state index in [1.165, 1.54) is 9.75 Å². The van der Waals surface area contributed by atoms with Crippen LogP contribution in [-0.2, 0) is 16.1 Å². The minimum absolute atomic E-state index is 0.0471. The third-order valence-corrected chi connectivity index (χ3v) is 6.64. The number of thiophene rings is 1. The molecule has 2 aromatic rings. The van der Waals surface area contributed by atoms with Gasteiger partial charge in [-0.1, -0.05) is 11.3 Å². The van der Waals surface area contributed by atoms with Gasteiger partial charge in [0.25, 0.3) is 0 Å². The molecule has 1 spiro atoms. The number of morpholine rings is 1. The van der Waals surface area contributed by atoms with Crippen molar-refractivity contribution >= 4 is 33.8 Å². The average molecular weight is 465 g/mol. The Kier molecular flexibility index (Phi) is 7.32. The molecule has 2 aliphatic rings. The highest BCUT2D eigenvalue weighted by Crippen LogP contribution is 2.33. The maximum atomic E-state index is 10.6. The van der Waals surface area contributed by atoms with Crippen LogP contribution in [0.4, 0.5) is 18.3 Å². The van der Waals surface area contributed by atoms with Gasteiger partial charge in [-0.3, -0.25) is 4.90 Å². The van der Waals surface area contributed by atoms with E-state index in [1.807, 2.05) is 16.8 Å². The number of carboxylic acid groups (broad SMARTS) is 1. The van der Waals surface area contributed by atoms with E-state index >= 15 is 0 Å². The molecule has 0 aromatic carbocycles. The first-order valence-corrected chi connectivity index (χ1v) is 11.1. The van der Waals surface area contributed by atoms with Crippen molar-refractivity contribution in [1.29, 1.82) is 0 Å². The first-order valence-electron chi connectivity index (χ1n) is 9.40. The molecule has 1 unspecified atom stereocenters. The van der Waals surface area contributed by atoms with Gasteiger partial charge in [0, 0.05) is 35.9 Å². The van der Waals surface area contributed by atoms with Gasteiger partial charge < -0.3 is 14.7 Å². The maximum absolute atomic E-state index is 10.6. The third kappa shape index (κ3) is 6.13. The van der Waals surface area contributed by atoms with Gasteiger partial charge in [0.05, 0.1) is 18.8 Å². The van der Waals surface area contributed by atoms with Crippen LogP contribution in [0.1, 0.15) is 22.6 Å². The number of aryl methyl sites for hydroxylation is 1. The fourth-order valence-electron chi connectivity index (χ4n) is 3.66. The average Bonchev–Trinajstić information content (AvgIpc) is 3.34. The zero-order valence-electron chi connectivity index (χ0n) is 16.4. The summed E-state index contributed by atoms with van der Waals surface area (Å²) in [5.41, 5.74) is 1.76. The van der Waals surface area contributed by atoms with Crippen LogP contribution in [0.5, 0.6) is 0 Å². The van der Waals surface area contributed by atoms with Crippen molar-refractivity contribution in [3.05, 3.63) is 27.4 Å². The number of alkyl halides is 3. The number of rotatable bonds is 3. The van der Waals surface area contributed by atoms with E-state index in [1.54, 1.807) is 11.3 Å². The number of aromatic nitrogens is 2. The van der Waals surface area contributed by atoms with Gasteiger partial charge in [0.15, 0.2) is 0 Å². The van der Waals surface area contributed by atoms with E-state index in [0.29, 0.717) is 0 Å². The normalized spacial score (nSPS) is 22.6. The van der Waals surface area contributed by atoms with Crippen molar-refractivity contribution < 1.29 is 27.8 Å². The predicted molar refractivity (Wildman–Crippen MR) is 108 cm³/mol. The van der Waals surface area contributed by atoms with Gasteiger partial charge in [0.2, 0.25) is 5.13 Å². The zero-order chi connectivity index (χ0) is 21.8.